The molecule has 0 radical (unpaired) electrons. The van der Waals surface area contributed by atoms with Crippen molar-refractivity contribution in [1.29, 1.82) is 0 Å². The zero-order valence-electron chi connectivity index (χ0n) is 11.2. The zero-order chi connectivity index (χ0) is 15.0. The molecule has 3 rings (SSSR count). The monoisotopic (exact) mass is 291 g/mol. The van der Waals surface area contributed by atoms with Gasteiger partial charge in [0.05, 0.1) is 10.6 Å². The molecule has 8 nitrogen and oxygen atoms in total. The molecule has 2 heterocycles. The number of benzene rings is 1. The highest BCUT2D eigenvalue weighted by Crippen LogP contribution is 2.37. The second-order valence-electron chi connectivity index (χ2n) is 4.62. The molecule has 1 aromatic carbocycles. The van der Waals surface area contributed by atoms with E-state index in [0.717, 1.165) is 0 Å². The van der Waals surface area contributed by atoms with Crippen molar-refractivity contribution in [1.82, 2.24) is 10.6 Å². The van der Waals surface area contributed by atoms with E-state index in [2.05, 4.69) is 10.6 Å². The van der Waals surface area contributed by atoms with Crippen molar-refractivity contribution in [3.05, 3.63) is 45.3 Å². The molecule has 1 atom stereocenters. The van der Waals surface area contributed by atoms with Gasteiger partial charge in [-0.05, 0) is 24.1 Å². The van der Waals surface area contributed by atoms with Crippen LogP contribution in [0.15, 0.2) is 29.6 Å². The number of urea groups is 1. The maximum atomic E-state index is 11.7. The van der Waals surface area contributed by atoms with Crippen LogP contribution in [0.3, 0.4) is 0 Å². The lowest BCUT2D eigenvalue weighted by molar-refractivity contribution is -0.433. The quantitative estimate of drug-likeness (QED) is 0.651. The highest BCUT2D eigenvalue weighted by Gasteiger charge is 2.36. The fraction of sp³-hybridized carbons (Fsp3) is 0.308. The molecule has 0 spiro atoms. The largest absolute Gasteiger partial charge is 0.454 e. The van der Waals surface area contributed by atoms with Gasteiger partial charge in [-0.3, -0.25) is 10.1 Å². The third-order valence-electron chi connectivity index (χ3n) is 3.40. The number of nitrogens with one attached hydrogen (secondary N) is 2. The number of ether oxygens (including phenoxy) is 2. The molecule has 21 heavy (non-hydrogen) atoms. The Bertz CT molecular complexity index is 655. The number of carbonyl (C=O) groups is 1. The summed E-state index contributed by atoms with van der Waals surface area (Å²) in [6, 6.07) is 3.73. The standard InChI is InChI=1S/C13H13N3O5/c1-2-8-12(16(18)19)11(15-13(17)14-8)7-3-4-9-10(5-7)21-6-20-9/h3-5,11H,2,6H2,1H3,(H2,14,15,17)/t11-/m0/s1. The average molecular weight is 291 g/mol. The van der Waals surface area contributed by atoms with Gasteiger partial charge in [-0.2, -0.15) is 0 Å². The molecule has 2 aliphatic rings. The number of hydrogen-bond donors (Lipinski definition) is 2. The van der Waals surface area contributed by atoms with Crippen molar-refractivity contribution < 1.29 is 19.2 Å². The van der Waals surface area contributed by atoms with E-state index < -0.39 is 17.0 Å². The van der Waals surface area contributed by atoms with Crippen molar-refractivity contribution >= 4 is 6.03 Å². The van der Waals surface area contributed by atoms with Gasteiger partial charge in [-0.25, -0.2) is 4.79 Å². The molecule has 2 aliphatic heterocycles. The Kier molecular flexibility index (Phi) is 3.13. The summed E-state index contributed by atoms with van der Waals surface area (Å²) in [4.78, 5) is 22.6. The fourth-order valence-corrected chi connectivity index (χ4v) is 2.43. The van der Waals surface area contributed by atoms with Crippen LogP contribution in [0, 0.1) is 10.1 Å². The smallest absolute Gasteiger partial charge is 0.320 e. The van der Waals surface area contributed by atoms with Gasteiger partial charge >= 0.3 is 6.03 Å². The van der Waals surface area contributed by atoms with E-state index in [4.69, 9.17) is 9.47 Å². The summed E-state index contributed by atoms with van der Waals surface area (Å²) in [5.74, 6) is 1.10. The summed E-state index contributed by atoms with van der Waals surface area (Å²) < 4.78 is 10.5. The molecule has 110 valence electrons. The number of hydrogen-bond acceptors (Lipinski definition) is 5. The number of nitro groups is 1. The maximum absolute atomic E-state index is 11.7. The molecule has 0 bridgehead atoms. The Hall–Kier alpha value is -2.77. The van der Waals surface area contributed by atoms with Crippen molar-refractivity contribution in [3.63, 3.8) is 0 Å². The second kappa shape index (κ2) is 4.97. The maximum Gasteiger partial charge on any atom is 0.320 e. The minimum atomic E-state index is -0.821. The first-order valence-electron chi connectivity index (χ1n) is 6.44. The highest BCUT2D eigenvalue weighted by molar-refractivity contribution is 5.78. The molecule has 0 saturated carbocycles. The Morgan fingerprint density at radius 2 is 2.14 bits per heavy atom. The lowest BCUT2D eigenvalue weighted by atomic mass is 9.99. The molecular weight excluding hydrogens is 278 g/mol. The van der Waals surface area contributed by atoms with Gasteiger partial charge in [0.15, 0.2) is 11.5 Å². The van der Waals surface area contributed by atoms with Crippen LogP contribution < -0.4 is 20.1 Å². The minimum Gasteiger partial charge on any atom is -0.454 e. The molecule has 0 aliphatic carbocycles. The fourth-order valence-electron chi connectivity index (χ4n) is 2.43. The summed E-state index contributed by atoms with van der Waals surface area (Å²) in [5, 5.41) is 16.4. The minimum absolute atomic E-state index is 0.0593. The van der Waals surface area contributed by atoms with Gasteiger partial charge in [-0.15, -0.1) is 0 Å². The van der Waals surface area contributed by atoms with Gasteiger partial charge in [0, 0.05) is 0 Å². The Labute approximate surface area is 119 Å². The number of allylic oxidation sites excluding steroid dienone is 1. The molecule has 1 aromatic rings. The van der Waals surface area contributed by atoms with E-state index in [0.29, 0.717) is 29.2 Å². The summed E-state index contributed by atoms with van der Waals surface area (Å²) in [6.45, 7) is 1.87. The molecule has 2 N–H and O–H groups in total. The predicted molar refractivity (Wildman–Crippen MR) is 71.3 cm³/mol. The van der Waals surface area contributed by atoms with Crippen LogP contribution in [0.25, 0.3) is 0 Å². The Morgan fingerprint density at radius 3 is 2.86 bits per heavy atom. The molecule has 0 saturated heterocycles. The molecule has 2 amide bonds. The van der Waals surface area contributed by atoms with Gasteiger partial charge < -0.3 is 20.1 Å². The average Bonchev–Trinajstić information content (AvgIpc) is 2.93. The van der Waals surface area contributed by atoms with E-state index in [1.807, 2.05) is 0 Å². The van der Waals surface area contributed by atoms with E-state index in [-0.39, 0.29) is 12.5 Å². The van der Waals surface area contributed by atoms with Crippen LogP contribution in [0.1, 0.15) is 24.9 Å². The molecule has 0 fully saturated rings. The number of amides is 2. The lowest BCUT2D eigenvalue weighted by Crippen LogP contribution is -2.45. The SMILES string of the molecule is CCC1=C([N+](=O)[O-])[C@H](c2ccc3c(c2)OCO3)NC(=O)N1. The first-order valence-corrected chi connectivity index (χ1v) is 6.44. The second-order valence-corrected chi connectivity index (χ2v) is 4.62. The van der Waals surface area contributed by atoms with Crippen LogP contribution in [0.5, 0.6) is 11.5 Å². The van der Waals surface area contributed by atoms with Crippen molar-refractivity contribution in [2.75, 3.05) is 6.79 Å². The number of rotatable bonds is 3. The lowest BCUT2D eigenvalue weighted by Gasteiger charge is -2.24. The van der Waals surface area contributed by atoms with Crippen LogP contribution >= 0.6 is 0 Å². The van der Waals surface area contributed by atoms with Crippen LogP contribution in [0.4, 0.5) is 4.79 Å². The number of nitrogens with zero attached hydrogens (tertiary/aromatic N) is 1. The van der Waals surface area contributed by atoms with Crippen molar-refractivity contribution in [2.24, 2.45) is 0 Å². The van der Waals surface area contributed by atoms with Crippen LogP contribution in [-0.2, 0) is 0 Å². The number of carbonyl (C=O) groups excluding carboxylic acids is 1. The summed E-state index contributed by atoms with van der Waals surface area (Å²) >= 11 is 0. The van der Waals surface area contributed by atoms with E-state index >= 15 is 0 Å². The van der Waals surface area contributed by atoms with Gasteiger partial charge in [0.25, 0.3) is 5.70 Å². The summed E-state index contributed by atoms with van der Waals surface area (Å²) in [7, 11) is 0. The molecular formula is C13H13N3O5. The molecule has 0 unspecified atom stereocenters. The van der Waals surface area contributed by atoms with Gasteiger partial charge in [0.2, 0.25) is 6.79 Å². The van der Waals surface area contributed by atoms with Crippen LogP contribution in [0.2, 0.25) is 0 Å². The Balaban J connectivity index is 2.06. The zero-order valence-corrected chi connectivity index (χ0v) is 11.2. The van der Waals surface area contributed by atoms with E-state index in [1.165, 1.54) is 0 Å². The Morgan fingerprint density at radius 1 is 1.38 bits per heavy atom. The van der Waals surface area contributed by atoms with Crippen LogP contribution in [-0.4, -0.2) is 17.7 Å². The molecule has 8 heteroatoms. The van der Waals surface area contributed by atoms with Gasteiger partial charge in [0.1, 0.15) is 6.04 Å². The van der Waals surface area contributed by atoms with Gasteiger partial charge in [-0.1, -0.05) is 13.0 Å². The highest BCUT2D eigenvalue weighted by atomic mass is 16.7. The van der Waals surface area contributed by atoms with Crippen molar-refractivity contribution in [2.45, 2.75) is 19.4 Å². The summed E-state index contributed by atoms with van der Waals surface area (Å²) in [5.41, 5.74) is 0.828. The number of fused-ring (bicyclic) bond motifs is 1. The first-order chi connectivity index (χ1) is 10.1. The van der Waals surface area contributed by atoms with E-state index in [9.17, 15) is 14.9 Å². The first kappa shape index (κ1) is 13.2. The summed E-state index contributed by atoms with van der Waals surface area (Å²) in [6.07, 6.45) is 0.366. The third kappa shape index (κ3) is 2.24. The third-order valence-corrected chi connectivity index (χ3v) is 3.40. The van der Waals surface area contributed by atoms with Crippen molar-refractivity contribution in [3.8, 4) is 11.5 Å². The van der Waals surface area contributed by atoms with E-state index in [1.54, 1.807) is 25.1 Å². The normalized spacial score (nSPS) is 20.0. The topological polar surface area (TPSA) is 103 Å². The predicted octanol–water partition coefficient (Wildman–Crippen LogP) is 1.67. The molecule has 0 aromatic heterocycles.